The fourth-order valence-corrected chi connectivity index (χ4v) is 1.45. The molecular formula is C12H10F7N. The molecule has 0 saturated heterocycles. The number of nitrogens with two attached hydrogens (primary N) is 1. The minimum Gasteiger partial charge on any atom is -0.325 e. The molecule has 8 heteroatoms. The summed E-state index contributed by atoms with van der Waals surface area (Å²) < 4.78 is 87.9. The van der Waals surface area contributed by atoms with Crippen LogP contribution in [0.15, 0.2) is 30.1 Å². The third kappa shape index (κ3) is 4.52. The zero-order chi connectivity index (χ0) is 15.6. The zero-order valence-electron chi connectivity index (χ0n) is 9.95. The quantitative estimate of drug-likeness (QED) is 0.836. The van der Waals surface area contributed by atoms with E-state index in [4.69, 9.17) is 5.73 Å². The Hall–Kier alpha value is -1.57. The van der Waals surface area contributed by atoms with E-state index in [9.17, 15) is 30.7 Å². The average molecular weight is 301 g/mol. The summed E-state index contributed by atoms with van der Waals surface area (Å²) in [4.78, 5) is 0. The number of allylic oxidation sites excluding steroid dienone is 1. The molecule has 0 aromatic heterocycles. The third-order valence-corrected chi connectivity index (χ3v) is 2.40. The van der Waals surface area contributed by atoms with Gasteiger partial charge in [0.25, 0.3) is 0 Å². The predicted octanol–water partition coefficient (Wildman–Crippen LogP) is 4.08. The molecule has 0 heterocycles. The molecule has 0 radical (unpaired) electrons. The molecule has 2 N–H and O–H groups in total. The summed E-state index contributed by atoms with van der Waals surface area (Å²) in [6.07, 6.45) is -9.38. The Balaban J connectivity index is 3.24. The van der Waals surface area contributed by atoms with Crippen LogP contribution in [0.4, 0.5) is 30.7 Å². The van der Waals surface area contributed by atoms with Crippen molar-refractivity contribution < 1.29 is 30.7 Å². The van der Waals surface area contributed by atoms with E-state index in [1.54, 1.807) is 0 Å². The van der Waals surface area contributed by atoms with Gasteiger partial charge in [-0.3, -0.25) is 0 Å². The van der Waals surface area contributed by atoms with Gasteiger partial charge in [0.2, 0.25) is 0 Å². The van der Waals surface area contributed by atoms with Crippen molar-refractivity contribution in [3.05, 3.63) is 46.8 Å². The van der Waals surface area contributed by atoms with Crippen LogP contribution in [0.25, 0.3) is 0 Å². The highest BCUT2D eigenvalue weighted by atomic mass is 19.4. The Labute approximate surface area is 109 Å². The molecule has 0 aliphatic rings. The number of benzene rings is 1. The number of hydrogen-bond donors (Lipinski definition) is 1. The fraction of sp³-hybridized carbons (Fsp3) is 0.333. The predicted molar refractivity (Wildman–Crippen MR) is 58.4 cm³/mol. The van der Waals surface area contributed by atoms with Gasteiger partial charge in [-0.2, -0.15) is 26.3 Å². The molecule has 0 amide bonds. The lowest BCUT2D eigenvalue weighted by Crippen LogP contribution is -2.11. The van der Waals surface area contributed by atoms with Crippen molar-refractivity contribution in [2.45, 2.75) is 18.8 Å². The van der Waals surface area contributed by atoms with Crippen LogP contribution in [-0.2, 0) is 18.8 Å². The first-order valence-corrected chi connectivity index (χ1v) is 5.37. The van der Waals surface area contributed by atoms with Gasteiger partial charge in [-0.15, -0.1) is 0 Å². The van der Waals surface area contributed by atoms with Gasteiger partial charge in [0.15, 0.2) is 0 Å². The van der Waals surface area contributed by atoms with Crippen molar-refractivity contribution in [2.24, 2.45) is 5.73 Å². The van der Waals surface area contributed by atoms with Crippen LogP contribution in [0.3, 0.4) is 0 Å². The van der Waals surface area contributed by atoms with Gasteiger partial charge in [0.05, 0.1) is 11.1 Å². The van der Waals surface area contributed by atoms with E-state index < -0.39 is 42.3 Å². The van der Waals surface area contributed by atoms with Gasteiger partial charge in [0.1, 0.15) is 5.83 Å². The van der Waals surface area contributed by atoms with Crippen LogP contribution < -0.4 is 5.73 Å². The molecule has 112 valence electrons. The summed E-state index contributed by atoms with van der Waals surface area (Å²) in [5.74, 6) is -0.809. The maximum absolute atomic E-state index is 12.8. The second-order valence-corrected chi connectivity index (χ2v) is 3.97. The van der Waals surface area contributed by atoms with Crippen LogP contribution in [0.2, 0.25) is 0 Å². The number of halogens is 7. The second-order valence-electron chi connectivity index (χ2n) is 3.97. The molecule has 20 heavy (non-hydrogen) atoms. The number of hydrogen-bond acceptors (Lipinski definition) is 1. The zero-order valence-corrected chi connectivity index (χ0v) is 9.95. The molecule has 0 atom stereocenters. The van der Waals surface area contributed by atoms with Gasteiger partial charge in [-0.1, -0.05) is 0 Å². The summed E-state index contributed by atoms with van der Waals surface area (Å²) in [5.41, 5.74) is 1.78. The number of rotatable bonds is 3. The number of alkyl halides is 6. The first-order chi connectivity index (χ1) is 9.04. The van der Waals surface area contributed by atoms with Crippen LogP contribution in [0.5, 0.6) is 0 Å². The van der Waals surface area contributed by atoms with E-state index >= 15 is 0 Å². The highest BCUT2D eigenvalue weighted by molar-refractivity contribution is 5.34. The van der Waals surface area contributed by atoms with Gasteiger partial charge in [-0.25, -0.2) is 4.39 Å². The molecule has 0 aliphatic carbocycles. The van der Waals surface area contributed by atoms with Crippen molar-refractivity contribution >= 4 is 0 Å². The first kappa shape index (κ1) is 16.5. The van der Waals surface area contributed by atoms with Gasteiger partial charge >= 0.3 is 12.4 Å². The highest BCUT2D eigenvalue weighted by Crippen LogP contribution is 2.36. The van der Waals surface area contributed by atoms with Crippen molar-refractivity contribution in [2.75, 3.05) is 6.54 Å². The van der Waals surface area contributed by atoms with Crippen LogP contribution in [-0.4, -0.2) is 6.54 Å². The Morgan fingerprint density at radius 2 is 1.40 bits per heavy atom. The summed E-state index contributed by atoms with van der Waals surface area (Å²) >= 11 is 0. The van der Waals surface area contributed by atoms with Crippen molar-refractivity contribution in [3.63, 3.8) is 0 Å². The topological polar surface area (TPSA) is 26.0 Å². The smallest absolute Gasteiger partial charge is 0.325 e. The van der Waals surface area contributed by atoms with Crippen molar-refractivity contribution in [3.8, 4) is 0 Å². The van der Waals surface area contributed by atoms with Crippen molar-refractivity contribution in [1.82, 2.24) is 0 Å². The molecule has 0 aliphatic heterocycles. The highest BCUT2D eigenvalue weighted by Gasteiger charge is 2.36. The molecule has 0 unspecified atom stereocenters. The molecular weight excluding hydrogens is 291 g/mol. The second kappa shape index (κ2) is 5.82. The van der Waals surface area contributed by atoms with E-state index in [2.05, 4.69) is 0 Å². The standard InChI is InChI=1S/C12H10F7N/c13-10(6-20)2-1-7-3-8(11(14,15)16)5-9(4-7)12(17,18)19/h2-5H,1,6,20H2. The van der Waals surface area contributed by atoms with E-state index in [1.165, 1.54) is 0 Å². The molecule has 1 aromatic carbocycles. The minimum absolute atomic E-state index is 0.0203. The molecule has 1 rings (SSSR count). The minimum atomic E-state index is -4.91. The summed E-state index contributed by atoms with van der Waals surface area (Å²) in [7, 11) is 0. The average Bonchev–Trinajstić information content (AvgIpc) is 2.33. The maximum atomic E-state index is 12.8. The molecule has 0 fully saturated rings. The van der Waals surface area contributed by atoms with Crippen LogP contribution >= 0.6 is 0 Å². The van der Waals surface area contributed by atoms with E-state index in [-0.39, 0.29) is 11.6 Å². The summed E-state index contributed by atoms with van der Waals surface area (Å²) in [6, 6.07) is 1.12. The van der Waals surface area contributed by atoms with Gasteiger partial charge in [0, 0.05) is 6.54 Å². The van der Waals surface area contributed by atoms with Crippen LogP contribution in [0, 0.1) is 0 Å². The van der Waals surface area contributed by atoms with Gasteiger partial charge in [-0.05, 0) is 36.3 Å². The summed E-state index contributed by atoms with van der Waals surface area (Å²) in [5, 5.41) is 0. The normalized spacial score (nSPS) is 13.7. The SMILES string of the molecule is NCC(F)=CCc1cc(C(F)(F)F)cc(C(F)(F)F)c1. The fourth-order valence-electron chi connectivity index (χ4n) is 1.45. The van der Waals surface area contributed by atoms with E-state index in [0.717, 1.165) is 6.08 Å². The van der Waals surface area contributed by atoms with Crippen molar-refractivity contribution in [1.29, 1.82) is 0 Å². The maximum Gasteiger partial charge on any atom is 0.416 e. The molecule has 0 bridgehead atoms. The Kier molecular flexibility index (Phi) is 4.80. The molecule has 0 spiro atoms. The lowest BCUT2D eigenvalue weighted by Gasteiger charge is -2.13. The lowest BCUT2D eigenvalue weighted by atomic mass is 10.0. The third-order valence-electron chi connectivity index (χ3n) is 2.40. The Morgan fingerprint density at radius 3 is 1.75 bits per heavy atom. The first-order valence-electron chi connectivity index (χ1n) is 5.37. The molecule has 1 aromatic rings. The lowest BCUT2D eigenvalue weighted by molar-refractivity contribution is -0.143. The molecule has 0 saturated carbocycles. The van der Waals surface area contributed by atoms with Crippen LogP contribution in [0.1, 0.15) is 16.7 Å². The van der Waals surface area contributed by atoms with Gasteiger partial charge < -0.3 is 5.73 Å². The monoisotopic (exact) mass is 301 g/mol. The Bertz CT molecular complexity index is 467. The van der Waals surface area contributed by atoms with E-state index in [0.29, 0.717) is 12.1 Å². The molecule has 1 nitrogen and oxygen atoms in total. The Morgan fingerprint density at radius 1 is 0.950 bits per heavy atom. The summed E-state index contributed by atoms with van der Waals surface area (Å²) in [6.45, 7) is -0.467. The largest absolute Gasteiger partial charge is 0.416 e. The van der Waals surface area contributed by atoms with E-state index in [1.807, 2.05) is 0 Å².